The van der Waals surface area contributed by atoms with E-state index in [0.717, 1.165) is 0 Å². The smallest absolute Gasteiger partial charge is 0.335 e. The maximum Gasteiger partial charge on any atom is 0.335 e. The van der Waals surface area contributed by atoms with Gasteiger partial charge >= 0.3 is 5.97 Å². The number of hydrogen-bond acceptors (Lipinski definition) is 2. The molecule has 0 unspecified atom stereocenters. The third kappa shape index (κ3) is 2.39. The molecular weight excluding hydrogens is 204 g/mol. The van der Waals surface area contributed by atoms with Crippen molar-refractivity contribution in [3.63, 3.8) is 0 Å². The molecule has 0 fully saturated rings. The van der Waals surface area contributed by atoms with Crippen LogP contribution < -0.4 is 4.74 Å². The molecule has 0 amide bonds. The van der Waals surface area contributed by atoms with E-state index in [2.05, 4.69) is 6.07 Å². The second-order valence-corrected chi connectivity index (χ2v) is 3.17. The van der Waals surface area contributed by atoms with Gasteiger partial charge < -0.3 is 9.84 Å². The molecule has 0 aliphatic heterocycles. The zero-order valence-electron chi connectivity index (χ0n) is 8.38. The third-order valence-corrected chi connectivity index (χ3v) is 2.00. The van der Waals surface area contributed by atoms with Crippen LogP contribution in [-0.4, -0.2) is 11.1 Å². The van der Waals surface area contributed by atoms with Gasteiger partial charge in [0.05, 0.1) is 5.56 Å². The monoisotopic (exact) mass is 213 g/mol. The Balaban J connectivity index is 2.22. The number of aromatic carboxylic acids is 1. The van der Waals surface area contributed by atoms with Crippen LogP contribution in [0.3, 0.4) is 0 Å². The Morgan fingerprint density at radius 2 is 2.00 bits per heavy atom. The molecule has 3 nitrogen and oxygen atoms in total. The minimum absolute atomic E-state index is 0.206. The second kappa shape index (κ2) is 4.49. The van der Waals surface area contributed by atoms with Crippen LogP contribution in [0.15, 0.2) is 48.5 Å². The van der Waals surface area contributed by atoms with Gasteiger partial charge in [-0.15, -0.1) is 0 Å². The van der Waals surface area contributed by atoms with Crippen molar-refractivity contribution in [2.45, 2.75) is 0 Å². The summed E-state index contributed by atoms with van der Waals surface area (Å²) in [7, 11) is 0. The van der Waals surface area contributed by atoms with E-state index in [0.29, 0.717) is 11.5 Å². The SMILES string of the molecule is O=C(O)c1cccc(Oc2c[c]ccc2)c1. The van der Waals surface area contributed by atoms with Gasteiger partial charge in [-0.3, -0.25) is 0 Å². The fourth-order valence-electron chi connectivity index (χ4n) is 1.27. The molecule has 79 valence electrons. The van der Waals surface area contributed by atoms with Crippen molar-refractivity contribution >= 4 is 5.97 Å². The number of benzene rings is 2. The predicted molar refractivity (Wildman–Crippen MR) is 58.8 cm³/mol. The Morgan fingerprint density at radius 3 is 2.69 bits per heavy atom. The Labute approximate surface area is 92.9 Å². The van der Waals surface area contributed by atoms with Gasteiger partial charge in [-0.05, 0) is 36.4 Å². The quantitative estimate of drug-likeness (QED) is 0.852. The molecule has 0 bridgehead atoms. The molecule has 16 heavy (non-hydrogen) atoms. The normalized spacial score (nSPS) is 9.75. The summed E-state index contributed by atoms with van der Waals surface area (Å²) in [4.78, 5) is 10.7. The summed E-state index contributed by atoms with van der Waals surface area (Å²) in [5.41, 5.74) is 0.206. The first-order valence-electron chi connectivity index (χ1n) is 4.73. The fourth-order valence-corrected chi connectivity index (χ4v) is 1.27. The fraction of sp³-hybridized carbons (Fsp3) is 0. The first-order chi connectivity index (χ1) is 7.75. The first kappa shape index (κ1) is 10.2. The zero-order valence-corrected chi connectivity index (χ0v) is 8.38. The number of carbonyl (C=O) groups is 1. The number of hydrogen-bond donors (Lipinski definition) is 1. The van der Waals surface area contributed by atoms with Gasteiger partial charge in [0.25, 0.3) is 0 Å². The van der Waals surface area contributed by atoms with Crippen molar-refractivity contribution in [1.82, 2.24) is 0 Å². The van der Waals surface area contributed by atoms with Gasteiger partial charge in [0.1, 0.15) is 11.5 Å². The summed E-state index contributed by atoms with van der Waals surface area (Å²) >= 11 is 0. The summed E-state index contributed by atoms with van der Waals surface area (Å²) in [6.45, 7) is 0. The highest BCUT2D eigenvalue weighted by Crippen LogP contribution is 2.21. The molecule has 0 saturated heterocycles. The van der Waals surface area contributed by atoms with Crippen molar-refractivity contribution < 1.29 is 14.6 Å². The van der Waals surface area contributed by atoms with Gasteiger partial charge in [0.15, 0.2) is 0 Å². The zero-order chi connectivity index (χ0) is 11.4. The summed E-state index contributed by atoms with van der Waals surface area (Å²) < 4.78 is 5.47. The van der Waals surface area contributed by atoms with Crippen LogP contribution in [0.1, 0.15) is 10.4 Å². The Morgan fingerprint density at radius 1 is 1.19 bits per heavy atom. The molecule has 3 heteroatoms. The summed E-state index contributed by atoms with van der Waals surface area (Å²) in [5.74, 6) is 0.162. The van der Waals surface area contributed by atoms with Gasteiger partial charge in [-0.1, -0.05) is 18.2 Å². The standard InChI is InChI=1S/C13H9O3/c14-13(15)10-5-4-8-12(9-10)16-11-6-2-1-3-7-11/h1-2,4-9H,(H,14,15). The molecule has 1 radical (unpaired) electrons. The Kier molecular flexibility index (Phi) is 2.87. The minimum Gasteiger partial charge on any atom is -0.478 e. The highest BCUT2D eigenvalue weighted by atomic mass is 16.5. The van der Waals surface area contributed by atoms with E-state index < -0.39 is 5.97 Å². The average Bonchev–Trinajstić information content (AvgIpc) is 2.30. The summed E-state index contributed by atoms with van der Waals surface area (Å²) in [6.07, 6.45) is 0. The van der Waals surface area contributed by atoms with Crippen molar-refractivity contribution in [2.24, 2.45) is 0 Å². The lowest BCUT2D eigenvalue weighted by Gasteiger charge is -2.05. The van der Waals surface area contributed by atoms with Crippen LogP contribution in [0, 0.1) is 6.07 Å². The average molecular weight is 213 g/mol. The lowest BCUT2D eigenvalue weighted by Crippen LogP contribution is -1.95. The first-order valence-corrected chi connectivity index (χ1v) is 4.73. The molecule has 0 heterocycles. The highest BCUT2D eigenvalue weighted by molar-refractivity contribution is 5.88. The third-order valence-electron chi connectivity index (χ3n) is 2.00. The van der Waals surface area contributed by atoms with E-state index in [1.165, 1.54) is 12.1 Å². The lowest BCUT2D eigenvalue weighted by molar-refractivity contribution is 0.0696. The second-order valence-electron chi connectivity index (χ2n) is 3.17. The molecule has 0 aliphatic carbocycles. The molecule has 0 aliphatic rings. The molecular formula is C13H9O3. The van der Waals surface area contributed by atoms with Crippen LogP contribution in [0.25, 0.3) is 0 Å². The van der Waals surface area contributed by atoms with Crippen molar-refractivity contribution in [3.8, 4) is 11.5 Å². The van der Waals surface area contributed by atoms with E-state index >= 15 is 0 Å². The van der Waals surface area contributed by atoms with E-state index in [-0.39, 0.29) is 5.56 Å². The van der Waals surface area contributed by atoms with Crippen molar-refractivity contribution in [3.05, 3.63) is 60.2 Å². The van der Waals surface area contributed by atoms with Gasteiger partial charge in [0, 0.05) is 0 Å². The number of carboxylic acid groups (broad SMARTS) is 1. The van der Waals surface area contributed by atoms with E-state index in [1.807, 2.05) is 0 Å². The van der Waals surface area contributed by atoms with Gasteiger partial charge in [-0.25, -0.2) is 4.79 Å². The van der Waals surface area contributed by atoms with E-state index in [9.17, 15) is 4.79 Å². The topological polar surface area (TPSA) is 46.5 Å². The van der Waals surface area contributed by atoms with Crippen LogP contribution in [-0.2, 0) is 0 Å². The number of carboxylic acids is 1. The van der Waals surface area contributed by atoms with E-state index in [4.69, 9.17) is 9.84 Å². The molecule has 2 aromatic carbocycles. The van der Waals surface area contributed by atoms with Crippen LogP contribution in [0.2, 0.25) is 0 Å². The van der Waals surface area contributed by atoms with Gasteiger partial charge in [-0.2, -0.15) is 0 Å². The maximum absolute atomic E-state index is 10.7. The van der Waals surface area contributed by atoms with Crippen LogP contribution in [0.5, 0.6) is 11.5 Å². The summed E-state index contributed by atoms with van der Waals surface area (Å²) in [6, 6.07) is 16.3. The van der Waals surface area contributed by atoms with Gasteiger partial charge in [0.2, 0.25) is 0 Å². The molecule has 0 atom stereocenters. The van der Waals surface area contributed by atoms with Crippen molar-refractivity contribution in [1.29, 1.82) is 0 Å². The minimum atomic E-state index is -0.968. The molecule has 0 spiro atoms. The van der Waals surface area contributed by atoms with Crippen LogP contribution in [0.4, 0.5) is 0 Å². The molecule has 1 N–H and O–H groups in total. The van der Waals surface area contributed by atoms with Crippen molar-refractivity contribution in [2.75, 3.05) is 0 Å². The molecule has 2 aromatic rings. The predicted octanol–water partition coefficient (Wildman–Crippen LogP) is 2.98. The molecule has 0 saturated carbocycles. The Hall–Kier alpha value is -2.29. The number of rotatable bonds is 3. The van der Waals surface area contributed by atoms with Crippen LogP contribution >= 0.6 is 0 Å². The lowest BCUT2D eigenvalue weighted by atomic mass is 10.2. The summed E-state index contributed by atoms with van der Waals surface area (Å²) in [5, 5.41) is 8.81. The highest BCUT2D eigenvalue weighted by Gasteiger charge is 2.04. The van der Waals surface area contributed by atoms with E-state index in [1.54, 1.807) is 36.4 Å². The maximum atomic E-state index is 10.7. The molecule has 2 rings (SSSR count). The molecule has 0 aromatic heterocycles. The largest absolute Gasteiger partial charge is 0.478 e. The number of ether oxygens (including phenoxy) is 1. The Bertz CT molecular complexity index is 492.